The topological polar surface area (TPSA) is 89.8 Å². The molecule has 12 heavy (non-hydrogen) atoms. The summed E-state index contributed by atoms with van der Waals surface area (Å²) < 4.78 is 0. The fraction of sp³-hybridized carbons (Fsp3) is 0.857. The van der Waals surface area contributed by atoms with E-state index in [4.69, 9.17) is 5.11 Å². The van der Waals surface area contributed by atoms with Crippen molar-refractivity contribution in [2.24, 2.45) is 0 Å². The van der Waals surface area contributed by atoms with Crippen LogP contribution >= 0.6 is 0 Å². The fourth-order valence-corrected chi connectivity index (χ4v) is 1.36. The van der Waals surface area contributed by atoms with Crippen molar-refractivity contribution in [3.63, 3.8) is 0 Å². The van der Waals surface area contributed by atoms with Gasteiger partial charge < -0.3 is 20.6 Å². The SMILES string of the molecule is O=C(O)C[C@@H]1NCC[C@@H](O)[C@H]1O. The lowest BCUT2D eigenvalue weighted by atomic mass is 9.96. The largest absolute Gasteiger partial charge is 0.481 e. The minimum Gasteiger partial charge on any atom is -0.481 e. The van der Waals surface area contributed by atoms with Crippen molar-refractivity contribution >= 4 is 5.97 Å². The highest BCUT2D eigenvalue weighted by molar-refractivity contribution is 5.67. The van der Waals surface area contributed by atoms with Crippen molar-refractivity contribution in [3.05, 3.63) is 0 Å². The number of carboxylic acid groups (broad SMARTS) is 1. The number of aliphatic carboxylic acids is 1. The van der Waals surface area contributed by atoms with Crippen LogP contribution in [0.4, 0.5) is 0 Å². The van der Waals surface area contributed by atoms with Crippen molar-refractivity contribution < 1.29 is 20.1 Å². The van der Waals surface area contributed by atoms with Crippen LogP contribution in [0, 0.1) is 0 Å². The molecule has 0 saturated carbocycles. The van der Waals surface area contributed by atoms with Gasteiger partial charge in [0.15, 0.2) is 0 Å². The number of nitrogens with one attached hydrogen (secondary N) is 1. The van der Waals surface area contributed by atoms with Gasteiger partial charge in [-0.15, -0.1) is 0 Å². The maximum absolute atomic E-state index is 10.3. The Kier molecular flexibility index (Phi) is 3.02. The molecule has 0 aromatic carbocycles. The Hall–Kier alpha value is -0.650. The zero-order valence-electron chi connectivity index (χ0n) is 6.60. The summed E-state index contributed by atoms with van der Waals surface area (Å²) >= 11 is 0. The Morgan fingerprint density at radius 3 is 2.75 bits per heavy atom. The average Bonchev–Trinajstić information content (AvgIpc) is 1.98. The molecule has 1 rings (SSSR count). The van der Waals surface area contributed by atoms with Gasteiger partial charge in [-0.3, -0.25) is 4.79 Å². The second-order valence-electron chi connectivity index (χ2n) is 3.01. The molecule has 4 N–H and O–H groups in total. The molecule has 1 saturated heterocycles. The highest BCUT2D eigenvalue weighted by Crippen LogP contribution is 2.11. The van der Waals surface area contributed by atoms with Crippen molar-refractivity contribution in [1.29, 1.82) is 0 Å². The summed E-state index contributed by atoms with van der Waals surface area (Å²) in [4.78, 5) is 10.3. The molecule has 1 aliphatic heterocycles. The molecule has 70 valence electrons. The first kappa shape index (κ1) is 9.44. The lowest BCUT2D eigenvalue weighted by Gasteiger charge is -2.31. The third-order valence-corrected chi connectivity index (χ3v) is 2.05. The highest BCUT2D eigenvalue weighted by atomic mass is 16.4. The van der Waals surface area contributed by atoms with E-state index < -0.39 is 24.2 Å². The van der Waals surface area contributed by atoms with Crippen LogP contribution in [0.2, 0.25) is 0 Å². The third kappa shape index (κ3) is 2.17. The smallest absolute Gasteiger partial charge is 0.305 e. The van der Waals surface area contributed by atoms with Crippen LogP contribution in [0.1, 0.15) is 12.8 Å². The van der Waals surface area contributed by atoms with Gasteiger partial charge in [-0.05, 0) is 13.0 Å². The van der Waals surface area contributed by atoms with E-state index in [1.807, 2.05) is 0 Å². The molecule has 0 spiro atoms. The first-order valence-corrected chi connectivity index (χ1v) is 3.92. The Morgan fingerprint density at radius 2 is 2.17 bits per heavy atom. The van der Waals surface area contributed by atoms with Gasteiger partial charge in [0, 0.05) is 6.04 Å². The van der Waals surface area contributed by atoms with E-state index in [9.17, 15) is 15.0 Å². The molecule has 5 nitrogen and oxygen atoms in total. The molecule has 0 aromatic heterocycles. The van der Waals surface area contributed by atoms with Crippen molar-refractivity contribution in [2.45, 2.75) is 31.1 Å². The van der Waals surface area contributed by atoms with Gasteiger partial charge in [0.25, 0.3) is 0 Å². The molecule has 0 aliphatic carbocycles. The van der Waals surface area contributed by atoms with Crippen LogP contribution in [0.15, 0.2) is 0 Å². The number of hydrogen-bond acceptors (Lipinski definition) is 4. The minimum atomic E-state index is -0.972. The maximum atomic E-state index is 10.3. The van der Waals surface area contributed by atoms with E-state index in [1.165, 1.54) is 0 Å². The Labute approximate surface area is 70.0 Å². The van der Waals surface area contributed by atoms with Crippen LogP contribution in [-0.4, -0.2) is 46.1 Å². The van der Waals surface area contributed by atoms with Crippen molar-refractivity contribution in [1.82, 2.24) is 5.32 Å². The molecule has 3 atom stereocenters. The van der Waals surface area contributed by atoms with Gasteiger partial charge in [0.2, 0.25) is 0 Å². The van der Waals surface area contributed by atoms with Gasteiger partial charge in [-0.25, -0.2) is 0 Å². The highest BCUT2D eigenvalue weighted by Gasteiger charge is 2.31. The van der Waals surface area contributed by atoms with E-state index in [1.54, 1.807) is 0 Å². The van der Waals surface area contributed by atoms with Gasteiger partial charge in [0.1, 0.15) is 0 Å². The Balaban J connectivity index is 2.46. The molecule has 0 radical (unpaired) electrons. The molecule has 1 fully saturated rings. The molecule has 5 heteroatoms. The number of aliphatic hydroxyl groups excluding tert-OH is 2. The molecular weight excluding hydrogens is 162 g/mol. The second kappa shape index (κ2) is 3.84. The number of hydrogen-bond donors (Lipinski definition) is 4. The normalized spacial score (nSPS) is 36.3. The quantitative estimate of drug-likeness (QED) is 0.412. The Morgan fingerprint density at radius 1 is 1.50 bits per heavy atom. The van der Waals surface area contributed by atoms with Crippen LogP contribution in [0.25, 0.3) is 0 Å². The second-order valence-corrected chi connectivity index (χ2v) is 3.01. The van der Waals surface area contributed by atoms with Gasteiger partial charge in [-0.1, -0.05) is 0 Å². The zero-order chi connectivity index (χ0) is 9.14. The monoisotopic (exact) mass is 175 g/mol. The van der Waals surface area contributed by atoms with E-state index in [0.717, 1.165) is 0 Å². The minimum absolute atomic E-state index is 0.155. The lowest BCUT2D eigenvalue weighted by Crippen LogP contribution is -2.53. The van der Waals surface area contributed by atoms with Crippen LogP contribution in [0.3, 0.4) is 0 Å². The maximum Gasteiger partial charge on any atom is 0.305 e. The van der Waals surface area contributed by atoms with E-state index in [-0.39, 0.29) is 6.42 Å². The standard InChI is InChI=1S/C7H13NO4/c9-5-1-2-8-4(7(5)12)3-6(10)11/h4-5,7-9,12H,1-3H2,(H,10,11)/t4-,5+,7-/m0/s1. The van der Waals surface area contributed by atoms with Crippen molar-refractivity contribution in [3.8, 4) is 0 Å². The number of carboxylic acids is 1. The molecular formula is C7H13NO4. The van der Waals surface area contributed by atoms with Crippen LogP contribution < -0.4 is 5.32 Å². The van der Waals surface area contributed by atoms with Gasteiger partial charge >= 0.3 is 5.97 Å². The first-order chi connectivity index (χ1) is 5.61. The number of aliphatic hydroxyl groups is 2. The summed E-state index contributed by atoms with van der Waals surface area (Å²) in [7, 11) is 0. The number of piperidine rings is 1. The van der Waals surface area contributed by atoms with E-state index >= 15 is 0 Å². The number of rotatable bonds is 2. The molecule has 1 heterocycles. The summed E-state index contributed by atoms with van der Waals surface area (Å²) in [6, 6.07) is -0.522. The van der Waals surface area contributed by atoms with E-state index in [0.29, 0.717) is 13.0 Å². The van der Waals surface area contributed by atoms with Crippen LogP contribution in [0.5, 0.6) is 0 Å². The summed E-state index contributed by atoms with van der Waals surface area (Å²) in [6.07, 6.45) is -1.44. The zero-order valence-corrected chi connectivity index (χ0v) is 6.60. The molecule has 0 bridgehead atoms. The Bertz CT molecular complexity index is 173. The summed E-state index contributed by atoms with van der Waals surface area (Å²) in [5, 5.41) is 29.8. The molecule has 0 aromatic rings. The summed E-state index contributed by atoms with van der Waals surface area (Å²) in [6.45, 7) is 0.552. The lowest BCUT2D eigenvalue weighted by molar-refractivity contribution is -0.139. The summed E-state index contributed by atoms with van der Waals surface area (Å²) in [5.74, 6) is -0.972. The molecule has 0 amide bonds. The van der Waals surface area contributed by atoms with E-state index in [2.05, 4.69) is 5.32 Å². The van der Waals surface area contributed by atoms with Gasteiger partial charge in [-0.2, -0.15) is 0 Å². The average molecular weight is 175 g/mol. The predicted octanol–water partition coefficient (Wildman–Crippen LogP) is -1.46. The fourth-order valence-electron chi connectivity index (χ4n) is 1.36. The number of carbonyl (C=O) groups is 1. The predicted molar refractivity (Wildman–Crippen MR) is 40.7 cm³/mol. The molecule has 1 aliphatic rings. The van der Waals surface area contributed by atoms with Gasteiger partial charge in [0.05, 0.1) is 18.6 Å². The first-order valence-electron chi connectivity index (χ1n) is 3.92. The summed E-state index contributed by atoms with van der Waals surface area (Å²) in [5.41, 5.74) is 0. The van der Waals surface area contributed by atoms with Crippen molar-refractivity contribution in [2.75, 3.05) is 6.54 Å². The third-order valence-electron chi connectivity index (χ3n) is 2.05. The molecule has 0 unspecified atom stereocenters. The van der Waals surface area contributed by atoms with Crippen LogP contribution in [-0.2, 0) is 4.79 Å².